The Bertz CT molecular complexity index is 761. The van der Waals surface area contributed by atoms with Gasteiger partial charge >= 0.3 is 0 Å². The molecular formula is C19H21ClN2O2. The van der Waals surface area contributed by atoms with E-state index in [2.05, 4.69) is 5.32 Å². The molecule has 0 spiro atoms. The molecule has 4 nitrogen and oxygen atoms in total. The molecule has 0 aliphatic heterocycles. The lowest BCUT2D eigenvalue weighted by Crippen LogP contribution is -2.34. The predicted molar refractivity (Wildman–Crippen MR) is 96.4 cm³/mol. The Morgan fingerprint density at radius 2 is 2.17 bits per heavy atom. The summed E-state index contributed by atoms with van der Waals surface area (Å²) >= 11 is 5.92. The molecule has 0 saturated heterocycles. The molecule has 0 fully saturated rings. The van der Waals surface area contributed by atoms with Gasteiger partial charge < -0.3 is 15.8 Å². The molecule has 0 radical (unpaired) electrons. The average Bonchev–Trinajstić information content (AvgIpc) is 2.54. The van der Waals surface area contributed by atoms with E-state index in [9.17, 15) is 4.79 Å². The second kappa shape index (κ2) is 7.14. The number of nitrogens with two attached hydrogens (primary N) is 1. The summed E-state index contributed by atoms with van der Waals surface area (Å²) in [6.45, 7) is 1.89. The molecule has 1 aliphatic carbocycles. The molecule has 0 heterocycles. The first-order valence-corrected chi connectivity index (χ1v) is 8.47. The maximum atomic E-state index is 12.3. The molecule has 1 aliphatic rings. The van der Waals surface area contributed by atoms with E-state index in [1.165, 1.54) is 5.56 Å². The molecule has 0 bridgehead atoms. The summed E-state index contributed by atoms with van der Waals surface area (Å²) in [4.78, 5) is 12.3. The molecule has 1 atom stereocenters. The molecule has 2 aromatic rings. The number of fused-ring (bicyclic) bond motifs is 1. The van der Waals surface area contributed by atoms with Crippen LogP contribution in [0.3, 0.4) is 0 Å². The standard InChI is InChI=1S/C19H21ClN2O2/c1-12-9-14(20)5-8-18(12)24-11-19(23)22-17-4-2-3-13-10-15(21)6-7-16(13)17/h5-10,17H,2-4,11,21H2,1H3,(H,22,23). The van der Waals surface area contributed by atoms with Gasteiger partial charge in [-0.15, -0.1) is 0 Å². The maximum absolute atomic E-state index is 12.3. The van der Waals surface area contributed by atoms with Gasteiger partial charge in [0.15, 0.2) is 6.61 Å². The van der Waals surface area contributed by atoms with Crippen molar-refractivity contribution in [2.75, 3.05) is 12.3 Å². The van der Waals surface area contributed by atoms with Gasteiger partial charge in [0, 0.05) is 10.7 Å². The number of ether oxygens (including phenoxy) is 1. The SMILES string of the molecule is Cc1cc(Cl)ccc1OCC(=O)NC1CCCc2cc(N)ccc21. The highest BCUT2D eigenvalue weighted by Gasteiger charge is 2.22. The number of hydrogen-bond donors (Lipinski definition) is 2. The average molecular weight is 345 g/mol. The largest absolute Gasteiger partial charge is 0.484 e. The Morgan fingerprint density at radius 1 is 1.33 bits per heavy atom. The molecule has 2 aromatic carbocycles. The van der Waals surface area contributed by atoms with Gasteiger partial charge in [-0.25, -0.2) is 0 Å². The van der Waals surface area contributed by atoms with Crippen LogP contribution in [0.2, 0.25) is 5.02 Å². The van der Waals surface area contributed by atoms with Crippen molar-refractivity contribution in [1.29, 1.82) is 0 Å². The first-order valence-electron chi connectivity index (χ1n) is 8.09. The number of nitrogens with one attached hydrogen (secondary N) is 1. The van der Waals surface area contributed by atoms with Crippen LogP contribution >= 0.6 is 11.6 Å². The fourth-order valence-corrected chi connectivity index (χ4v) is 3.36. The van der Waals surface area contributed by atoms with Crippen LogP contribution in [0.4, 0.5) is 5.69 Å². The van der Waals surface area contributed by atoms with Crippen LogP contribution in [0.15, 0.2) is 36.4 Å². The van der Waals surface area contributed by atoms with E-state index in [0.717, 1.165) is 36.1 Å². The van der Waals surface area contributed by atoms with Gasteiger partial charge in [0.2, 0.25) is 0 Å². The number of carbonyl (C=O) groups excluding carboxylic acids is 1. The first-order chi connectivity index (χ1) is 11.5. The fraction of sp³-hybridized carbons (Fsp3) is 0.316. The van der Waals surface area contributed by atoms with Crippen molar-refractivity contribution in [1.82, 2.24) is 5.32 Å². The van der Waals surface area contributed by atoms with Gasteiger partial charge in [-0.2, -0.15) is 0 Å². The summed E-state index contributed by atoms with van der Waals surface area (Å²) in [5.74, 6) is 0.547. The molecule has 3 N–H and O–H groups in total. The highest BCUT2D eigenvalue weighted by Crippen LogP contribution is 2.31. The number of aryl methyl sites for hydroxylation is 2. The number of amides is 1. The highest BCUT2D eigenvalue weighted by molar-refractivity contribution is 6.30. The van der Waals surface area contributed by atoms with Crippen LogP contribution in [0, 0.1) is 6.92 Å². The smallest absolute Gasteiger partial charge is 0.258 e. The zero-order valence-electron chi connectivity index (χ0n) is 13.6. The van der Waals surface area contributed by atoms with Gasteiger partial charge in [-0.1, -0.05) is 17.7 Å². The first kappa shape index (κ1) is 16.7. The third kappa shape index (κ3) is 3.82. The summed E-state index contributed by atoms with van der Waals surface area (Å²) in [5, 5.41) is 3.72. The van der Waals surface area contributed by atoms with Crippen molar-refractivity contribution in [2.24, 2.45) is 0 Å². The minimum atomic E-state index is -0.126. The summed E-state index contributed by atoms with van der Waals surface area (Å²) in [7, 11) is 0. The predicted octanol–water partition coefficient (Wildman–Crippen LogP) is 3.80. The van der Waals surface area contributed by atoms with E-state index in [4.69, 9.17) is 22.1 Å². The van der Waals surface area contributed by atoms with E-state index >= 15 is 0 Å². The van der Waals surface area contributed by atoms with Crippen LogP contribution in [-0.4, -0.2) is 12.5 Å². The van der Waals surface area contributed by atoms with Crippen molar-refractivity contribution in [3.05, 3.63) is 58.1 Å². The van der Waals surface area contributed by atoms with E-state index in [-0.39, 0.29) is 18.6 Å². The number of rotatable bonds is 4. The zero-order chi connectivity index (χ0) is 17.1. The van der Waals surface area contributed by atoms with Crippen molar-refractivity contribution in [3.8, 4) is 5.75 Å². The minimum absolute atomic E-state index is 0.0106. The highest BCUT2D eigenvalue weighted by atomic mass is 35.5. The molecule has 126 valence electrons. The molecule has 0 saturated carbocycles. The van der Waals surface area contributed by atoms with E-state index in [0.29, 0.717) is 10.8 Å². The third-order valence-corrected chi connectivity index (χ3v) is 4.55. The Balaban J connectivity index is 1.62. The van der Waals surface area contributed by atoms with Gasteiger partial charge in [-0.05, 0) is 73.2 Å². The number of halogens is 1. The Morgan fingerprint density at radius 3 is 2.96 bits per heavy atom. The van der Waals surface area contributed by atoms with Gasteiger partial charge in [-0.3, -0.25) is 4.79 Å². The number of benzene rings is 2. The van der Waals surface area contributed by atoms with Crippen LogP contribution in [-0.2, 0) is 11.2 Å². The van der Waals surface area contributed by atoms with Gasteiger partial charge in [0.25, 0.3) is 5.91 Å². The molecular weight excluding hydrogens is 324 g/mol. The van der Waals surface area contributed by atoms with Crippen molar-refractivity contribution < 1.29 is 9.53 Å². The quantitative estimate of drug-likeness (QED) is 0.829. The van der Waals surface area contributed by atoms with E-state index in [1.54, 1.807) is 12.1 Å². The molecule has 1 amide bonds. The van der Waals surface area contributed by atoms with Gasteiger partial charge in [0.05, 0.1) is 6.04 Å². The maximum Gasteiger partial charge on any atom is 0.258 e. The Labute approximate surface area is 147 Å². The van der Waals surface area contributed by atoms with Gasteiger partial charge in [0.1, 0.15) is 5.75 Å². The number of nitrogen functional groups attached to an aromatic ring is 1. The minimum Gasteiger partial charge on any atom is -0.484 e. The van der Waals surface area contributed by atoms with Crippen molar-refractivity contribution >= 4 is 23.2 Å². The Hall–Kier alpha value is -2.20. The van der Waals surface area contributed by atoms with Crippen LogP contribution < -0.4 is 15.8 Å². The number of anilines is 1. The lowest BCUT2D eigenvalue weighted by Gasteiger charge is -2.26. The normalized spacial score (nSPS) is 16.3. The third-order valence-electron chi connectivity index (χ3n) is 4.31. The molecule has 24 heavy (non-hydrogen) atoms. The molecule has 3 rings (SSSR count). The summed E-state index contributed by atoms with van der Waals surface area (Å²) < 4.78 is 5.61. The van der Waals surface area contributed by atoms with Crippen molar-refractivity contribution in [3.63, 3.8) is 0 Å². The number of hydrogen-bond acceptors (Lipinski definition) is 3. The summed E-state index contributed by atoms with van der Waals surface area (Å²) in [5.41, 5.74) is 9.91. The monoisotopic (exact) mass is 344 g/mol. The Kier molecular flexibility index (Phi) is 4.95. The van der Waals surface area contributed by atoms with E-state index in [1.807, 2.05) is 31.2 Å². The summed E-state index contributed by atoms with van der Waals surface area (Å²) in [6.07, 6.45) is 2.98. The lowest BCUT2D eigenvalue weighted by atomic mass is 9.87. The van der Waals surface area contributed by atoms with Crippen LogP contribution in [0.25, 0.3) is 0 Å². The lowest BCUT2D eigenvalue weighted by molar-refractivity contribution is -0.124. The summed E-state index contributed by atoms with van der Waals surface area (Å²) in [6, 6.07) is 11.3. The number of carbonyl (C=O) groups is 1. The fourth-order valence-electron chi connectivity index (χ4n) is 3.14. The zero-order valence-corrected chi connectivity index (χ0v) is 14.4. The molecule has 0 aromatic heterocycles. The topological polar surface area (TPSA) is 64.3 Å². The van der Waals surface area contributed by atoms with E-state index < -0.39 is 0 Å². The van der Waals surface area contributed by atoms with Crippen molar-refractivity contribution in [2.45, 2.75) is 32.2 Å². The second-order valence-electron chi connectivity index (χ2n) is 6.17. The molecule has 5 heteroatoms. The second-order valence-corrected chi connectivity index (χ2v) is 6.61. The molecule has 1 unspecified atom stereocenters. The van der Waals surface area contributed by atoms with Crippen LogP contribution in [0.1, 0.15) is 35.6 Å². The van der Waals surface area contributed by atoms with Crippen LogP contribution in [0.5, 0.6) is 5.75 Å².